The summed E-state index contributed by atoms with van der Waals surface area (Å²) in [6.45, 7) is 5.18. The van der Waals surface area contributed by atoms with Crippen molar-refractivity contribution in [1.82, 2.24) is 9.61 Å². The van der Waals surface area contributed by atoms with E-state index in [0.717, 1.165) is 16.6 Å². The van der Waals surface area contributed by atoms with Gasteiger partial charge >= 0.3 is 0 Å². The van der Waals surface area contributed by atoms with Crippen molar-refractivity contribution in [3.05, 3.63) is 53.9 Å². The third-order valence-corrected chi connectivity index (χ3v) is 4.55. The summed E-state index contributed by atoms with van der Waals surface area (Å²) < 4.78 is 1.71. The first-order valence-electron chi connectivity index (χ1n) is 8.60. The molecule has 7 nitrogen and oxygen atoms in total. The van der Waals surface area contributed by atoms with Crippen LogP contribution in [0.1, 0.15) is 29.8 Å². The molecule has 0 unspecified atom stereocenters. The van der Waals surface area contributed by atoms with Crippen LogP contribution in [0.15, 0.2) is 42.7 Å². The number of carbonyl (C=O) groups excluding carboxylic acids is 1. The molecule has 0 saturated carbocycles. The van der Waals surface area contributed by atoms with Crippen molar-refractivity contribution >= 4 is 17.1 Å². The van der Waals surface area contributed by atoms with Gasteiger partial charge in [0, 0.05) is 18.3 Å². The first-order valence-corrected chi connectivity index (χ1v) is 8.60. The summed E-state index contributed by atoms with van der Waals surface area (Å²) >= 11 is 0. The summed E-state index contributed by atoms with van der Waals surface area (Å²) in [5.74, 6) is -0.542. The number of carbonyl (C=O) groups is 1. The largest absolute Gasteiger partial charge is 0.382 e. The minimum absolute atomic E-state index is 0.141. The Hall–Kier alpha value is -3.37. The third kappa shape index (κ3) is 3.76. The number of nitriles is 1. The predicted molar refractivity (Wildman–Crippen MR) is 105 cm³/mol. The number of hydrogen-bond acceptors (Lipinski definition) is 5. The number of amides is 1. The Balaban J connectivity index is 2.07. The van der Waals surface area contributed by atoms with E-state index in [0.29, 0.717) is 29.9 Å². The highest BCUT2D eigenvalue weighted by molar-refractivity contribution is 6.02. The van der Waals surface area contributed by atoms with Gasteiger partial charge in [-0.2, -0.15) is 10.4 Å². The quantitative estimate of drug-likeness (QED) is 0.621. The fraction of sp³-hybridized carbons (Fsp3) is 0.250. The van der Waals surface area contributed by atoms with Crippen molar-refractivity contribution < 1.29 is 4.79 Å². The van der Waals surface area contributed by atoms with Gasteiger partial charge in [-0.15, -0.1) is 0 Å². The summed E-state index contributed by atoms with van der Waals surface area (Å²) in [4.78, 5) is 11.9. The SMILES string of the molecule is CC(C)(CN)CNc1c(C(N)=O)cnn2cc(-c3ccc(C#N)cc3)cc12. The lowest BCUT2D eigenvalue weighted by atomic mass is 9.93. The first kappa shape index (κ1) is 18.4. The van der Waals surface area contributed by atoms with Crippen molar-refractivity contribution in [3.63, 3.8) is 0 Å². The Bertz CT molecular complexity index is 1030. The smallest absolute Gasteiger partial charge is 0.252 e. The number of nitrogens with zero attached hydrogens (tertiary/aromatic N) is 3. The molecule has 0 radical (unpaired) electrons. The maximum atomic E-state index is 11.9. The molecule has 1 aromatic carbocycles. The van der Waals surface area contributed by atoms with E-state index in [4.69, 9.17) is 16.7 Å². The van der Waals surface area contributed by atoms with Gasteiger partial charge in [-0.05, 0) is 35.7 Å². The minimum Gasteiger partial charge on any atom is -0.382 e. The van der Waals surface area contributed by atoms with E-state index in [2.05, 4.69) is 16.5 Å². The molecule has 2 aromatic heterocycles. The summed E-state index contributed by atoms with van der Waals surface area (Å²) in [5.41, 5.74) is 15.4. The Morgan fingerprint density at radius 1 is 1.30 bits per heavy atom. The van der Waals surface area contributed by atoms with Crippen LogP contribution in [-0.2, 0) is 0 Å². The fourth-order valence-corrected chi connectivity index (χ4v) is 2.72. The molecule has 0 aliphatic rings. The third-order valence-electron chi connectivity index (χ3n) is 4.55. The molecule has 1 amide bonds. The first-order chi connectivity index (χ1) is 12.8. The van der Waals surface area contributed by atoms with Gasteiger partial charge in [0.15, 0.2) is 0 Å². The van der Waals surface area contributed by atoms with E-state index in [1.54, 1.807) is 16.6 Å². The molecule has 0 bridgehead atoms. The highest BCUT2D eigenvalue weighted by atomic mass is 16.1. The van der Waals surface area contributed by atoms with Crippen LogP contribution < -0.4 is 16.8 Å². The number of anilines is 1. The number of fused-ring (bicyclic) bond motifs is 1. The number of rotatable bonds is 6. The lowest BCUT2D eigenvalue weighted by molar-refractivity contribution is 0.100. The van der Waals surface area contributed by atoms with Crippen molar-refractivity contribution in [1.29, 1.82) is 5.26 Å². The molecule has 3 rings (SSSR count). The van der Waals surface area contributed by atoms with Gasteiger partial charge in [-0.1, -0.05) is 26.0 Å². The van der Waals surface area contributed by atoms with Gasteiger partial charge in [0.2, 0.25) is 0 Å². The van der Waals surface area contributed by atoms with Crippen molar-refractivity contribution in [2.45, 2.75) is 13.8 Å². The van der Waals surface area contributed by atoms with Crippen LogP contribution in [0.5, 0.6) is 0 Å². The van der Waals surface area contributed by atoms with E-state index in [1.807, 2.05) is 38.2 Å². The second-order valence-corrected chi connectivity index (χ2v) is 7.27. The second-order valence-electron chi connectivity index (χ2n) is 7.27. The minimum atomic E-state index is -0.542. The molecule has 7 heteroatoms. The highest BCUT2D eigenvalue weighted by Gasteiger charge is 2.20. The maximum absolute atomic E-state index is 11.9. The molecular formula is C20H22N6O. The number of aromatic nitrogens is 2. The molecule has 0 spiro atoms. The molecule has 3 aromatic rings. The van der Waals surface area contributed by atoms with Crippen LogP contribution >= 0.6 is 0 Å². The topological polar surface area (TPSA) is 122 Å². The summed E-state index contributed by atoms with van der Waals surface area (Å²) in [6.07, 6.45) is 3.34. The molecule has 27 heavy (non-hydrogen) atoms. The van der Waals surface area contributed by atoms with Gasteiger partial charge < -0.3 is 16.8 Å². The maximum Gasteiger partial charge on any atom is 0.252 e. The lowest BCUT2D eigenvalue weighted by Crippen LogP contribution is -2.32. The highest BCUT2D eigenvalue weighted by Crippen LogP contribution is 2.29. The molecule has 5 N–H and O–H groups in total. The summed E-state index contributed by atoms with van der Waals surface area (Å²) in [5, 5.41) is 16.6. The number of nitrogens with two attached hydrogens (primary N) is 2. The Morgan fingerprint density at radius 3 is 2.59 bits per heavy atom. The zero-order chi connectivity index (χ0) is 19.6. The van der Waals surface area contributed by atoms with Gasteiger partial charge in [0.05, 0.1) is 34.6 Å². The van der Waals surface area contributed by atoms with Crippen LogP contribution in [0.2, 0.25) is 0 Å². The number of primary amides is 1. The predicted octanol–water partition coefficient (Wildman–Crippen LogP) is 2.37. The van der Waals surface area contributed by atoms with Crippen LogP contribution in [0.25, 0.3) is 16.6 Å². The molecular weight excluding hydrogens is 340 g/mol. The molecule has 0 aliphatic carbocycles. The number of nitrogens with one attached hydrogen (secondary N) is 1. The van der Waals surface area contributed by atoms with Gasteiger partial charge in [-0.3, -0.25) is 4.79 Å². The molecule has 138 valence electrons. The van der Waals surface area contributed by atoms with E-state index in [1.165, 1.54) is 6.20 Å². The Kier molecular flexibility index (Phi) is 4.84. The summed E-state index contributed by atoms with van der Waals surface area (Å²) in [6, 6.07) is 11.3. The van der Waals surface area contributed by atoms with E-state index in [-0.39, 0.29) is 5.41 Å². The van der Waals surface area contributed by atoms with Gasteiger partial charge in [0.1, 0.15) is 0 Å². The normalized spacial score (nSPS) is 11.3. The Morgan fingerprint density at radius 2 is 2.00 bits per heavy atom. The molecule has 2 heterocycles. The van der Waals surface area contributed by atoms with Crippen molar-refractivity contribution in [2.75, 3.05) is 18.4 Å². The zero-order valence-corrected chi connectivity index (χ0v) is 15.4. The van der Waals surface area contributed by atoms with Crippen LogP contribution in [0, 0.1) is 16.7 Å². The zero-order valence-electron chi connectivity index (χ0n) is 15.4. The van der Waals surface area contributed by atoms with Crippen LogP contribution in [-0.4, -0.2) is 28.6 Å². The van der Waals surface area contributed by atoms with Gasteiger partial charge in [0.25, 0.3) is 5.91 Å². The van der Waals surface area contributed by atoms with Crippen LogP contribution in [0.4, 0.5) is 5.69 Å². The second kappa shape index (κ2) is 7.09. The monoisotopic (exact) mass is 362 g/mol. The average Bonchev–Trinajstić information content (AvgIpc) is 3.10. The average molecular weight is 362 g/mol. The van der Waals surface area contributed by atoms with Crippen LogP contribution in [0.3, 0.4) is 0 Å². The molecule has 0 aliphatic heterocycles. The van der Waals surface area contributed by atoms with E-state index < -0.39 is 5.91 Å². The molecule has 0 fully saturated rings. The Labute approximate surface area is 157 Å². The molecule has 0 saturated heterocycles. The lowest BCUT2D eigenvalue weighted by Gasteiger charge is -2.24. The van der Waals surface area contributed by atoms with E-state index >= 15 is 0 Å². The number of benzene rings is 1. The van der Waals surface area contributed by atoms with Gasteiger partial charge in [-0.25, -0.2) is 4.52 Å². The fourth-order valence-electron chi connectivity index (χ4n) is 2.72. The standard InChI is InChI=1S/C20H22N6O/c1-20(2,11-22)12-24-18-16(19(23)27)9-25-26-10-15(7-17(18)26)14-5-3-13(8-21)4-6-14/h3-7,9-10,24H,11-12,22H2,1-2H3,(H2,23,27). The summed E-state index contributed by atoms with van der Waals surface area (Å²) in [7, 11) is 0. The molecule has 0 atom stereocenters. The number of hydrogen-bond donors (Lipinski definition) is 3. The van der Waals surface area contributed by atoms with Crippen molar-refractivity contribution in [2.24, 2.45) is 16.9 Å². The van der Waals surface area contributed by atoms with E-state index in [9.17, 15) is 4.79 Å². The van der Waals surface area contributed by atoms with Crippen molar-refractivity contribution in [3.8, 4) is 17.2 Å².